The van der Waals surface area contributed by atoms with Crippen LogP contribution in [0, 0.1) is 11.7 Å². The number of halogens is 1. The number of rotatable bonds is 7. The van der Waals surface area contributed by atoms with Crippen LogP contribution in [0.5, 0.6) is 5.75 Å². The van der Waals surface area contributed by atoms with Gasteiger partial charge in [-0.05, 0) is 32.6 Å². The van der Waals surface area contributed by atoms with Gasteiger partial charge in [-0.25, -0.2) is 4.39 Å². The molecule has 19 heavy (non-hydrogen) atoms. The van der Waals surface area contributed by atoms with Gasteiger partial charge in [-0.2, -0.15) is 0 Å². The summed E-state index contributed by atoms with van der Waals surface area (Å²) in [5.74, 6) is 0.515. The molecule has 1 aromatic carbocycles. The van der Waals surface area contributed by atoms with Crippen molar-refractivity contribution in [1.82, 2.24) is 0 Å². The highest BCUT2D eigenvalue weighted by molar-refractivity contribution is 5.68. The fourth-order valence-corrected chi connectivity index (χ4v) is 1.80. The van der Waals surface area contributed by atoms with Crippen LogP contribution < -0.4 is 15.8 Å². The van der Waals surface area contributed by atoms with E-state index in [1.54, 1.807) is 6.07 Å². The van der Waals surface area contributed by atoms with E-state index >= 15 is 0 Å². The SMILES string of the molecule is CC(C)CCCNc1cc(OC(C)C)c(F)cc1N. The molecule has 108 valence electrons. The minimum absolute atomic E-state index is 0.0630. The van der Waals surface area contributed by atoms with Crippen molar-refractivity contribution in [2.45, 2.75) is 46.6 Å². The Balaban J connectivity index is 2.66. The summed E-state index contributed by atoms with van der Waals surface area (Å²) >= 11 is 0. The molecule has 0 heterocycles. The van der Waals surface area contributed by atoms with Crippen molar-refractivity contribution >= 4 is 11.4 Å². The molecule has 0 aromatic heterocycles. The van der Waals surface area contributed by atoms with E-state index < -0.39 is 5.82 Å². The highest BCUT2D eigenvalue weighted by atomic mass is 19.1. The number of anilines is 2. The molecule has 0 amide bonds. The summed E-state index contributed by atoms with van der Waals surface area (Å²) < 4.78 is 19.1. The molecule has 0 radical (unpaired) electrons. The van der Waals surface area contributed by atoms with E-state index in [0.717, 1.165) is 25.1 Å². The summed E-state index contributed by atoms with van der Waals surface area (Å²) in [5, 5.41) is 3.24. The Hall–Kier alpha value is -1.45. The number of hydrogen-bond donors (Lipinski definition) is 2. The maximum atomic E-state index is 13.7. The van der Waals surface area contributed by atoms with Gasteiger partial charge >= 0.3 is 0 Å². The van der Waals surface area contributed by atoms with Crippen molar-refractivity contribution in [1.29, 1.82) is 0 Å². The van der Waals surface area contributed by atoms with Gasteiger partial charge in [0.2, 0.25) is 0 Å². The molecule has 0 aliphatic carbocycles. The molecule has 0 bridgehead atoms. The van der Waals surface area contributed by atoms with Crippen LogP contribution in [0.4, 0.5) is 15.8 Å². The van der Waals surface area contributed by atoms with Gasteiger partial charge in [0.1, 0.15) is 0 Å². The number of nitrogens with two attached hydrogens (primary N) is 1. The van der Waals surface area contributed by atoms with Crippen molar-refractivity contribution in [2.24, 2.45) is 5.92 Å². The normalized spacial score (nSPS) is 11.1. The predicted octanol–water partition coefficient (Wildman–Crippen LogP) is 4.04. The minimum atomic E-state index is -0.418. The van der Waals surface area contributed by atoms with Gasteiger partial charge in [-0.3, -0.25) is 0 Å². The van der Waals surface area contributed by atoms with Gasteiger partial charge in [0.25, 0.3) is 0 Å². The van der Waals surface area contributed by atoms with Crippen LogP contribution in [0.15, 0.2) is 12.1 Å². The Morgan fingerprint density at radius 3 is 2.53 bits per heavy atom. The molecule has 3 N–H and O–H groups in total. The first-order valence-electron chi connectivity index (χ1n) is 6.89. The molecule has 1 rings (SSSR count). The second kappa shape index (κ2) is 7.22. The third kappa shape index (κ3) is 5.37. The molecule has 0 saturated heterocycles. The summed E-state index contributed by atoms with van der Waals surface area (Å²) in [6.45, 7) is 8.95. The van der Waals surface area contributed by atoms with Gasteiger partial charge in [0.15, 0.2) is 11.6 Å². The Labute approximate surface area is 115 Å². The first-order valence-corrected chi connectivity index (χ1v) is 6.89. The Morgan fingerprint density at radius 1 is 1.26 bits per heavy atom. The summed E-state index contributed by atoms with van der Waals surface area (Å²) in [4.78, 5) is 0. The summed E-state index contributed by atoms with van der Waals surface area (Å²) in [6.07, 6.45) is 2.16. The van der Waals surface area contributed by atoms with Gasteiger partial charge in [-0.1, -0.05) is 13.8 Å². The standard InChI is InChI=1S/C15H25FN2O/c1-10(2)6-5-7-18-14-9-15(19-11(3)4)12(16)8-13(14)17/h8-11,18H,5-7,17H2,1-4H3. The minimum Gasteiger partial charge on any atom is -0.488 e. The van der Waals surface area contributed by atoms with Gasteiger partial charge in [-0.15, -0.1) is 0 Å². The maximum absolute atomic E-state index is 13.7. The average molecular weight is 268 g/mol. The van der Waals surface area contributed by atoms with E-state index in [0.29, 0.717) is 11.6 Å². The van der Waals surface area contributed by atoms with Crippen LogP contribution in [-0.4, -0.2) is 12.6 Å². The number of nitrogens with one attached hydrogen (secondary N) is 1. The molecule has 0 fully saturated rings. The van der Waals surface area contributed by atoms with Crippen molar-refractivity contribution in [3.63, 3.8) is 0 Å². The lowest BCUT2D eigenvalue weighted by Crippen LogP contribution is -2.10. The van der Waals surface area contributed by atoms with E-state index in [2.05, 4.69) is 19.2 Å². The lowest BCUT2D eigenvalue weighted by atomic mass is 10.1. The van der Waals surface area contributed by atoms with E-state index in [1.165, 1.54) is 6.07 Å². The lowest BCUT2D eigenvalue weighted by Gasteiger charge is -2.15. The van der Waals surface area contributed by atoms with Crippen LogP contribution in [0.2, 0.25) is 0 Å². The first kappa shape index (κ1) is 15.6. The number of benzene rings is 1. The quantitative estimate of drug-likeness (QED) is 0.579. The van der Waals surface area contributed by atoms with Crippen LogP contribution in [-0.2, 0) is 0 Å². The molecule has 0 spiro atoms. The second-order valence-electron chi connectivity index (χ2n) is 5.50. The Morgan fingerprint density at radius 2 is 1.95 bits per heavy atom. The monoisotopic (exact) mass is 268 g/mol. The molecule has 0 unspecified atom stereocenters. The largest absolute Gasteiger partial charge is 0.488 e. The lowest BCUT2D eigenvalue weighted by molar-refractivity contribution is 0.231. The Kier molecular flexibility index (Phi) is 5.93. The molecule has 4 heteroatoms. The van der Waals surface area contributed by atoms with E-state index in [4.69, 9.17) is 10.5 Å². The highest BCUT2D eigenvalue weighted by Gasteiger charge is 2.10. The number of ether oxygens (including phenoxy) is 1. The van der Waals surface area contributed by atoms with Crippen LogP contribution >= 0.6 is 0 Å². The van der Waals surface area contributed by atoms with Crippen LogP contribution in [0.1, 0.15) is 40.5 Å². The zero-order chi connectivity index (χ0) is 14.4. The second-order valence-corrected chi connectivity index (χ2v) is 5.50. The van der Waals surface area contributed by atoms with Gasteiger partial charge < -0.3 is 15.8 Å². The third-order valence-electron chi connectivity index (χ3n) is 2.74. The molecule has 1 aromatic rings. The molecule has 0 atom stereocenters. The van der Waals surface area contributed by atoms with Crippen molar-refractivity contribution < 1.29 is 9.13 Å². The molecular formula is C15H25FN2O. The molecular weight excluding hydrogens is 243 g/mol. The van der Waals surface area contributed by atoms with Crippen LogP contribution in [0.3, 0.4) is 0 Å². The molecule has 0 aliphatic rings. The smallest absolute Gasteiger partial charge is 0.167 e. The van der Waals surface area contributed by atoms with Gasteiger partial charge in [0, 0.05) is 18.7 Å². The van der Waals surface area contributed by atoms with E-state index in [-0.39, 0.29) is 11.9 Å². The molecule has 3 nitrogen and oxygen atoms in total. The fourth-order valence-electron chi connectivity index (χ4n) is 1.80. The maximum Gasteiger partial charge on any atom is 0.167 e. The highest BCUT2D eigenvalue weighted by Crippen LogP contribution is 2.29. The molecule has 0 saturated carbocycles. The number of nitrogen functional groups attached to an aromatic ring is 1. The van der Waals surface area contributed by atoms with E-state index in [1.807, 2.05) is 13.8 Å². The van der Waals surface area contributed by atoms with Gasteiger partial charge in [0.05, 0.1) is 17.5 Å². The Bertz CT molecular complexity index is 405. The molecule has 0 aliphatic heterocycles. The van der Waals surface area contributed by atoms with Crippen molar-refractivity contribution in [2.75, 3.05) is 17.6 Å². The van der Waals surface area contributed by atoms with E-state index in [9.17, 15) is 4.39 Å². The first-order chi connectivity index (χ1) is 8.90. The number of hydrogen-bond acceptors (Lipinski definition) is 3. The fraction of sp³-hybridized carbons (Fsp3) is 0.600. The average Bonchev–Trinajstić information content (AvgIpc) is 2.29. The zero-order valence-electron chi connectivity index (χ0n) is 12.3. The van der Waals surface area contributed by atoms with Crippen molar-refractivity contribution in [3.8, 4) is 5.75 Å². The predicted molar refractivity (Wildman–Crippen MR) is 79.1 cm³/mol. The third-order valence-corrected chi connectivity index (χ3v) is 2.74. The van der Waals surface area contributed by atoms with Crippen molar-refractivity contribution in [3.05, 3.63) is 17.9 Å². The summed E-state index contributed by atoms with van der Waals surface area (Å²) in [5.41, 5.74) is 6.96. The van der Waals surface area contributed by atoms with Crippen LogP contribution in [0.25, 0.3) is 0 Å². The zero-order valence-corrected chi connectivity index (χ0v) is 12.3. The summed E-state index contributed by atoms with van der Waals surface area (Å²) in [7, 11) is 0. The summed E-state index contributed by atoms with van der Waals surface area (Å²) in [6, 6.07) is 2.95. The topological polar surface area (TPSA) is 47.3 Å².